The lowest BCUT2D eigenvalue weighted by atomic mass is 9.87. The largest absolute Gasteiger partial charge is 0.490 e. The van der Waals surface area contributed by atoms with Crippen LogP contribution in [0.1, 0.15) is 68.4 Å². The van der Waals surface area contributed by atoms with Crippen molar-refractivity contribution >= 4 is 5.69 Å². The molecule has 6 rings (SSSR count). The molecule has 0 radical (unpaired) electrons. The molecule has 2 aromatic rings. The van der Waals surface area contributed by atoms with Crippen molar-refractivity contribution in [1.82, 2.24) is 10.2 Å². The van der Waals surface area contributed by atoms with Gasteiger partial charge in [0.05, 0.1) is 24.9 Å². The zero-order valence-electron chi connectivity index (χ0n) is 24.9. The molecule has 4 aliphatic rings. The monoisotopic (exact) mass is 563 g/mol. The molecule has 2 aromatic carbocycles. The van der Waals surface area contributed by atoms with E-state index in [0.717, 1.165) is 82.7 Å². The van der Waals surface area contributed by atoms with Crippen molar-refractivity contribution in [3.05, 3.63) is 53.6 Å². The van der Waals surface area contributed by atoms with E-state index < -0.39 is 0 Å². The Morgan fingerprint density at radius 2 is 1.85 bits per heavy atom. The van der Waals surface area contributed by atoms with Gasteiger partial charge in [0.25, 0.3) is 0 Å². The number of likely N-dealkylation sites (tertiary alicyclic amines) is 1. The minimum absolute atomic E-state index is 0.138. The Hall–Kier alpha value is -2.32. The van der Waals surface area contributed by atoms with Crippen LogP contribution < -0.4 is 19.7 Å². The van der Waals surface area contributed by atoms with Gasteiger partial charge < -0.3 is 29.2 Å². The highest BCUT2D eigenvalue weighted by Crippen LogP contribution is 2.34. The summed E-state index contributed by atoms with van der Waals surface area (Å²) >= 11 is 0. The van der Waals surface area contributed by atoms with Crippen LogP contribution >= 0.6 is 0 Å². The van der Waals surface area contributed by atoms with Crippen molar-refractivity contribution in [2.45, 2.75) is 82.1 Å². The van der Waals surface area contributed by atoms with Gasteiger partial charge >= 0.3 is 0 Å². The molecule has 0 amide bonds. The number of hydrogen-bond acceptors (Lipinski definition) is 7. The van der Waals surface area contributed by atoms with Crippen molar-refractivity contribution in [3.8, 4) is 11.5 Å². The van der Waals surface area contributed by atoms with E-state index in [-0.39, 0.29) is 6.10 Å². The van der Waals surface area contributed by atoms with Gasteiger partial charge in [-0.05, 0) is 74.0 Å². The van der Waals surface area contributed by atoms with Gasteiger partial charge in [-0.15, -0.1) is 0 Å². The second kappa shape index (κ2) is 14.2. The fraction of sp³-hybridized carbons (Fsp3) is 0.647. The number of benzene rings is 2. The van der Waals surface area contributed by atoms with E-state index >= 15 is 0 Å². The number of piperidine rings is 1. The number of rotatable bonds is 11. The molecule has 1 aliphatic carbocycles. The molecule has 3 heterocycles. The van der Waals surface area contributed by atoms with Crippen LogP contribution in [0, 0.1) is 0 Å². The Bertz CT molecular complexity index is 1090. The van der Waals surface area contributed by atoms with Gasteiger partial charge in [0.1, 0.15) is 24.2 Å². The molecule has 7 nitrogen and oxygen atoms in total. The van der Waals surface area contributed by atoms with Crippen LogP contribution in [0.25, 0.3) is 0 Å². The van der Waals surface area contributed by atoms with Crippen LogP contribution in [0.5, 0.6) is 11.5 Å². The van der Waals surface area contributed by atoms with E-state index in [1.807, 2.05) is 0 Å². The number of fused-ring (bicyclic) bond motifs is 1. The van der Waals surface area contributed by atoms with E-state index in [4.69, 9.17) is 18.9 Å². The fourth-order valence-electron chi connectivity index (χ4n) is 7.24. The standard InChI is InChI=1S/C34H49N3O4/c1-38-20-5-17-36-19-21-39-33-13-8-26(22-32(33)36)25-40-34-23-35-16-14-31(34)27-9-11-29(12-10-27)41-30-15-18-37(24-30)28-6-3-2-4-7-28/h8-13,22,28,30-31,34-35H,2-7,14-21,23-25H2,1H3. The highest BCUT2D eigenvalue weighted by atomic mass is 16.5. The summed E-state index contributed by atoms with van der Waals surface area (Å²) in [4.78, 5) is 5.10. The van der Waals surface area contributed by atoms with E-state index in [1.165, 1.54) is 55.5 Å². The first-order valence-corrected chi connectivity index (χ1v) is 16.1. The summed E-state index contributed by atoms with van der Waals surface area (Å²) in [7, 11) is 1.76. The summed E-state index contributed by atoms with van der Waals surface area (Å²) < 4.78 is 24.2. The first-order chi connectivity index (χ1) is 20.3. The molecule has 3 unspecified atom stereocenters. The molecule has 41 heavy (non-hydrogen) atoms. The maximum Gasteiger partial charge on any atom is 0.142 e. The maximum absolute atomic E-state index is 6.59. The predicted octanol–water partition coefficient (Wildman–Crippen LogP) is 5.37. The molecule has 2 saturated heterocycles. The second-order valence-corrected chi connectivity index (χ2v) is 12.3. The van der Waals surface area contributed by atoms with E-state index in [0.29, 0.717) is 18.6 Å². The number of anilines is 1. The Kier molecular flexibility index (Phi) is 9.99. The topological polar surface area (TPSA) is 55.4 Å². The SMILES string of the molecule is COCCCN1CCOc2ccc(COC3CNCCC3c3ccc(OC4CCN(C5CCCCC5)C4)cc3)cc21. The number of methoxy groups -OCH3 is 1. The summed E-state index contributed by atoms with van der Waals surface area (Å²) in [6, 6.07) is 16.2. The number of hydrogen-bond donors (Lipinski definition) is 1. The summed E-state index contributed by atoms with van der Waals surface area (Å²) in [5.74, 6) is 2.35. The van der Waals surface area contributed by atoms with Crippen LogP contribution in [0.3, 0.4) is 0 Å². The van der Waals surface area contributed by atoms with Crippen LogP contribution in [0.2, 0.25) is 0 Å². The lowest BCUT2D eigenvalue weighted by Gasteiger charge is -2.33. The zero-order valence-corrected chi connectivity index (χ0v) is 24.9. The number of ether oxygens (including phenoxy) is 4. The van der Waals surface area contributed by atoms with Gasteiger partial charge in [-0.1, -0.05) is 37.5 Å². The van der Waals surface area contributed by atoms with Gasteiger partial charge in [0, 0.05) is 51.9 Å². The minimum atomic E-state index is 0.138. The molecule has 3 aliphatic heterocycles. The molecule has 0 bridgehead atoms. The second-order valence-electron chi connectivity index (χ2n) is 12.3. The van der Waals surface area contributed by atoms with E-state index in [1.54, 1.807) is 7.11 Å². The molecule has 224 valence electrons. The molecule has 3 atom stereocenters. The van der Waals surface area contributed by atoms with E-state index in [9.17, 15) is 0 Å². The summed E-state index contributed by atoms with van der Waals surface area (Å²) in [6.45, 7) is 8.15. The summed E-state index contributed by atoms with van der Waals surface area (Å²) in [6.07, 6.45) is 10.6. The average molecular weight is 564 g/mol. The predicted molar refractivity (Wildman–Crippen MR) is 163 cm³/mol. The normalized spacial score (nSPS) is 25.6. The van der Waals surface area contributed by atoms with E-state index in [2.05, 4.69) is 57.6 Å². The maximum atomic E-state index is 6.59. The lowest BCUT2D eigenvalue weighted by Crippen LogP contribution is -2.41. The quantitative estimate of drug-likeness (QED) is 0.369. The smallest absolute Gasteiger partial charge is 0.142 e. The molecular weight excluding hydrogens is 514 g/mol. The molecule has 1 saturated carbocycles. The third kappa shape index (κ3) is 7.37. The molecule has 0 aromatic heterocycles. The van der Waals surface area contributed by atoms with Gasteiger partial charge in [-0.3, -0.25) is 4.90 Å². The third-order valence-corrected chi connectivity index (χ3v) is 9.53. The fourth-order valence-corrected chi connectivity index (χ4v) is 7.24. The first kappa shape index (κ1) is 28.8. The van der Waals surface area contributed by atoms with Crippen molar-refractivity contribution < 1.29 is 18.9 Å². The van der Waals surface area contributed by atoms with Crippen LogP contribution in [0.4, 0.5) is 5.69 Å². The zero-order chi connectivity index (χ0) is 27.9. The highest BCUT2D eigenvalue weighted by Gasteiger charge is 2.31. The van der Waals surface area contributed by atoms with Gasteiger partial charge in [-0.25, -0.2) is 0 Å². The Morgan fingerprint density at radius 1 is 0.976 bits per heavy atom. The lowest BCUT2D eigenvalue weighted by molar-refractivity contribution is 0.0106. The van der Waals surface area contributed by atoms with Crippen molar-refractivity contribution in [3.63, 3.8) is 0 Å². The first-order valence-electron chi connectivity index (χ1n) is 16.1. The van der Waals surface area contributed by atoms with Gasteiger partial charge in [0.15, 0.2) is 0 Å². The molecular formula is C34H49N3O4. The summed E-state index contributed by atoms with van der Waals surface area (Å²) in [5, 5.41) is 3.55. The molecule has 3 fully saturated rings. The molecule has 0 spiro atoms. The Morgan fingerprint density at radius 3 is 2.71 bits per heavy atom. The molecule has 7 heteroatoms. The van der Waals surface area contributed by atoms with Crippen molar-refractivity contribution in [2.24, 2.45) is 0 Å². The van der Waals surface area contributed by atoms with Crippen LogP contribution in [-0.4, -0.2) is 82.7 Å². The molecule has 1 N–H and O–H groups in total. The number of nitrogens with zero attached hydrogens (tertiary/aromatic N) is 2. The van der Waals surface area contributed by atoms with Crippen LogP contribution in [-0.2, 0) is 16.1 Å². The number of nitrogens with one attached hydrogen (secondary N) is 1. The third-order valence-electron chi connectivity index (χ3n) is 9.53. The minimum Gasteiger partial charge on any atom is -0.490 e. The highest BCUT2D eigenvalue weighted by molar-refractivity contribution is 5.61. The van der Waals surface area contributed by atoms with Crippen molar-refractivity contribution in [1.29, 1.82) is 0 Å². The average Bonchev–Trinajstić information content (AvgIpc) is 3.50. The Balaban J connectivity index is 1.03. The summed E-state index contributed by atoms with van der Waals surface area (Å²) in [5.41, 5.74) is 3.71. The Labute approximate surface area is 246 Å². The van der Waals surface area contributed by atoms with Crippen molar-refractivity contribution in [2.75, 3.05) is 64.5 Å². The van der Waals surface area contributed by atoms with Crippen LogP contribution in [0.15, 0.2) is 42.5 Å². The van der Waals surface area contributed by atoms with Gasteiger partial charge in [-0.2, -0.15) is 0 Å². The van der Waals surface area contributed by atoms with Gasteiger partial charge in [0.2, 0.25) is 0 Å².